The molecule has 0 aromatic rings. The van der Waals surface area contributed by atoms with E-state index in [0.29, 0.717) is 5.92 Å². The Hall–Kier alpha value is -0.570. The standard InChI is InChI=1S/C12H26N2O/c1-10(2)9-14(8-7-13(5)6)12(15)11(3)4/h10-11H,7-9H2,1-6H3. The second-order valence-electron chi connectivity index (χ2n) is 5.14. The molecule has 0 aliphatic carbocycles. The summed E-state index contributed by atoms with van der Waals surface area (Å²) in [7, 11) is 4.07. The Labute approximate surface area is 94.4 Å². The van der Waals surface area contributed by atoms with Crippen LogP contribution in [-0.4, -0.2) is 49.4 Å². The molecule has 90 valence electrons. The Balaban J connectivity index is 4.24. The summed E-state index contributed by atoms with van der Waals surface area (Å²) >= 11 is 0. The fourth-order valence-electron chi connectivity index (χ4n) is 1.42. The van der Waals surface area contributed by atoms with E-state index in [4.69, 9.17) is 0 Å². The number of likely N-dealkylation sites (N-methyl/N-ethyl adjacent to an activating group) is 1. The largest absolute Gasteiger partial charge is 0.341 e. The normalized spacial score (nSPS) is 11.5. The molecule has 0 unspecified atom stereocenters. The summed E-state index contributed by atoms with van der Waals surface area (Å²) in [6, 6.07) is 0. The summed E-state index contributed by atoms with van der Waals surface area (Å²) < 4.78 is 0. The van der Waals surface area contributed by atoms with Gasteiger partial charge in [-0.1, -0.05) is 27.7 Å². The van der Waals surface area contributed by atoms with Crippen molar-refractivity contribution < 1.29 is 4.79 Å². The van der Waals surface area contributed by atoms with Gasteiger partial charge in [0.25, 0.3) is 0 Å². The van der Waals surface area contributed by atoms with Gasteiger partial charge in [0.2, 0.25) is 5.91 Å². The molecule has 0 aromatic carbocycles. The smallest absolute Gasteiger partial charge is 0.225 e. The van der Waals surface area contributed by atoms with Crippen molar-refractivity contribution in [3.8, 4) is 0 Å². The molecule has 0 N–H and O–H groups in total. The average Bonchev–Trinajstić information content (AvgIpc) is 2.10. The van der Waals surface area contributed by atoms with Crippen molar-refractivity contribution in [2.24, 2.45) is 11.8 Å². The van der Waals surface area contributed by atoms with Gasteiger partial charge in [-0.15, -0.1) is 0 Å². The lowest BCUT2D eigenvalue weighted by Crippen LogP contribution is -2.41. The fourth-order valence-corrected chi connectivity index (χ4v) is 1.42. The van der Waals surface area contributed by atoms with Gasteiger partial charge >= 0.3 is 0 Å². The first-order valence-corrected chi connectivity index (χ1v) is 5.78. The molecule has 0 aliphatic rings. The summed E-state index contributed by atoms with van der Waals surface area (Å²) in [5.41, 5.74) is 0. The predicted molar refractivity (Wildman–Crippen MR) is 64.8 cm³/mol. The molecule has 0 aromatic heterocycles. The van der Waals surface area contributed by atoms with Crippen LogP contribution in [0.4, 0.5) is 0 Å². The highest BCUT2D eigenvalue weighted by Gasteiger charge is 2.17. The maximum atomic E-state index is 11.9. The Morgan fingerprint density at radius 1 is 1.07 bits per heavy atom. The summed E-state index contributed by atoms with van der Waals surface area (Å²) in [5.74, 6) is 0.909. The number of amides is 1. The van der Waals surface area contributed by atoms with E-state index in [-0.39, 0.29) is 11.8 Å². The van der Waals surface area contributed by atoms with Crippen molar-refractivity contribution in [2.45, 2.75) is 27.7 Å². The lowest BCUT2D eigenvalue weighted by atomic mass is 10.1. The van der Waals surface area contributed by atoms with Crippen molar-refractivity contribution in [2.75, 3.05) is 33.7 Å². The molecule has 1 amide bonds. The van der Waals surface area contributed by atoms with Crippen LogP contribution < -0.4 is 0 Å². The highest BCUT2D eigenvalue weighted by molar-refractivity contribution is 5.78. The lowest BCUT2D eigenvalue weighted by Gasteiger charge is -2.27. The molecule has 3 heteroatoms. The molecule has 0 aliphatic heterocycles. The van der Waals surface area contributed by atoms with Crippen molar-refractivity contribution in [1.29, 1.82) is 0 Å². The number of hydrogen-bond donors (Lipinski definition) is 0. The minimum absolute atomic E-state index is 0.103. The number of rotatable bonds is 6. The topological polar surface area (TPSA) is 23.6 Å². The second kappa shape index (κ2) is 6.83. The molecule has 0 atom stereocenters. The van der Waals surface area contributed by atoms with Crippen LogP contribution in [0.5, 0.6) is 0 Å². The van der Waals surface area contributed by atoms with E-state index in [1.54, 1.807) is 0 Å². The van der Waals surface area contributed by atoms with Crippen molar-refractivity contribution in [3.05, 3.63) is 0 Å². The van der Waals surface area contributed by atoms with Gasteiger partial charge in [0, 0.05) is 25.6 Å². The van der Waals surface area contributed by atoms with E-state index in [1.165, 1.54) is 0 Å². The number of hydrogen-bond acceptors (Lipinski definition) is 2. The van der Waals surface area contributed by atoms with Crippen LogP contribution in [0.2, 0.25) is 0 Å². The van der Waals surface area contributed by atoms with E-state index in [2.05, 4.69) is 18.7 Å². The summed E-state index contributed by atoms with van der Waals surface area (Å²) in [6.07, 6.45) is 0. The van der Waals surface area contributed by atoms with Crippen molar-refractivity contribution in [3.63, 3.8) is 0 Å². The molecule has 0 bridgehead atoms. The summed E-state index contributed by atoms with van der Waals surface area (Å²) in [6.45, 7) is 10.9. The zero-order valence-corrected chi connectivity index (χ0v) is 11.1. The Kier molecular flexibility index (Phi) is 6.57. The Morgan fingerprint density at radius 2 is 1.60 bits per heavy atom. The number of carbonyl (C=O) groups excluding carboxylic acids is 1. The predicted octanol–water partition coefficient (Wildman–Crippen LogP) is 1.69. The molecular formula is C12H26N2O. The zero-order chi connectivity index (χ0) is 12.0. The van der Waals surface area contributed by atoms with Crippen molar-refractivity contribution >= 4 is 5.91 Å². The van der Waals surface area contributed by atoms with Gasteiger partial charge in [-0.25, -0.2) is 0 Å². The van der Waals surface area contributed by atoms with Gasteiger partial charge in [0.1, 0.15) is 0 Å². The van der Waals surface area contributed by atoms with Gasteiger partial charge in [-0.3, -0.25) is 4.79 Å². The van der Waals surface area contributed by atoms with E-state index in [1.807, 2.05) is 32.8 Å². The van der Waals surface area contributed by atoms with Crippen LogP contribution in [0, 0.1) is 11.8 Å². The van der Waals surface area contributed by atoms with Gasteiger partial charge < -0.3 is 9.80 Å². The Morgan fingerprint density at radius 3 is 1.93 bits per heavy atom. The third-order valence-electron chi connectivity index (χ3n) is 2.21. The zero-order valence-electron chi connectivity index (χ0n) is 11.1. The first kappa shape index (κ1) is 14.4. The molecule has 0 saturated carbocycles. The maximum absolute atomic E-state index is 11.9. The molecule has 0 rings (SSSR count). The minimum atomic E-state index is 0.103. The van der Waals surface area contributed by atoms with Crippen LogP contribution >= 0.6 is 0 Å². The highest BCUT2D eigenvalue weighted by atomic mass is 16.2. The van der Waals surface area contributed by atoms with E-state index in [0.717, 1.165) is 19.6 Å². The molecule has 0 spiro atoms. The third-order valence-corrected chi connectivity index (χ3v) is 2.21. The van der Waals surface area contributed by atoms with Crippen LogP contribution in [0.1, 0.15) is 27.7 Å². The van der Waals surface area contributed by atoms with Gasteiger partial charge in [0.15, 0.2) is 0 Å². The third kappa shape index (κ3) is 6.50. The van der Waals surface area contributed by atoms with Crippen LogP contribution in [0.15, 0.2) is 0 Å². The van der Waals surface area contributed by atoms with Crippen LogP contribution in [0.3, 0.4) is 0 Å². The van der Waals surface area contributed by atoms with Crippen molar-refractivity contribution in [1.82, 2.24) is 9.80 Å². The molecule has 3 nitrogen and oxygen atoms in total. The monoisotopic (exact) mass is 214 g/mol. The molecule has 0 saturated heterocycles. The number of nitrogens with zero attached hydrogens (tertiary/aromatic N) is 2. The fraction of sp³-hybridized carbons (Fsp3) is 0.917. The lowest BCUT2D eigenvalue weighted by molar-refractivity contribution is -0.135. The second-order valence-corrected chi connectivity index (χ2v) is 5.14. The molecule has 0 fully saturated rings. The molecule has 0 radical (unpaired) electrons. The van der Waals surface area contributed by atoms with Gasteiger partial charge in [-0.2, -0.15) is 0 Å². The SMILES string of the molecule is CC(C)CN(CCN(C)C)C(=O)C(C)C. The minimum Gasteiger partial charge on any atom is -0.341 e. The average molecular weight is 214 g/mol. The van der Waals surface area contributed by atoms with Gasteiger partial charge in [-0.05, 0) is 20.0 Å². The van der Waals surface area contributed by atoms with Gasteiger partial charge in [0.05, 0.1) is 0 Å². The van der Waals surface area contributed by atoms with E-state index >= 15 is 0 Å². The quantitative estimate of drug-likeness (QED) is 0.672. The van der Waals surface area contributed by atoms with Crippen LogP contribution in [-0.2, 0) is 4.79 Å². The maximum Gasteiger partial charge on any atom is 0.225 e. The number of carbonyl (C=O) groups is 1. The highest BCUT2D eigenvalue weighted by Crippen LogP contribution is 2.05. The van der Waals surface area contributed by atoms with Crippen LogP contribution in [0.25, 0.3) is 0 Å². The first-order chi connectivity index (χ1) is 6.84. The summed E-state index contributed by atoms with van der Waals surface area (Å²) in [4.78, 5) is 16.0. The van der Waals surface area contributed by atoms with E-state index < -0.39 is 0 Å². The summed E-state index contributed by atoms with van der Waals surface area (Å²) in [5, 5.41) is 0. The van der Waals surface area contributed by atoms with E-state index in [9.17, 15) is 4.79 Å². The Bertz CT molecular complexity index is 188. The molecule has 0 heterocycles. The molecular weight excluding hydrogens is 188 g/mol. The first-order valence-electron chi connectivity index (χ1n) is 5.78. The molecule has 15 heavy (non-hydrogen) atoms.